The number of carbonyl (C=O) groups is 1. The second kappa shape index (κ2) is 5.41. The molecule has 1 amide bonds. The van der Waals surface area contributed by atoms with Gasteiger partial charge in [-0.3, -0.25) is 4.79 Å². The van der Waals surface area contributed by atoms with Gasteiger partial charge in [0.1, 0.15) is 5.75 Å². The zero-order chi connectivity index (χ0) is 12.3. The summed E-state index contributed by atoms with van der Waals surface area (Å²) in [5.74, 6) is -0.395. The Bertz CT molecular complexity index is 394. The highest BCUT2D eigenvalue weighted by Gasteiger charge is 2.16. The van der Waals surface area contributed by atoms with Crippen molar-refractivity contribution in [3.63, 3.8) is 0 Å². The minimum Gasteiger partial charge on any atom is -0.507 e. The van der Waals surface area contributed by atoms with Crippen molar-refractivity contribution in [3.05, 3.63) is 28.8 Å². The number of halogens is 2. The summed E-state index contributed by atoms with van der Waals surface area (Å²) in [6.45, 7) is 2.22. The van der Waals surface area contributed by atoms with Crippen molar-refractivity contribution < 1.29 is 9.90 Å². The van der Waals surface area contributed by atoms with E-state index in [1.165, 1.54) is 17.0 Å². The molecule has 1 unspecified atom stereocenters. The Kier molecular flexibility index (Phi) is 4.44. The lowest BCUT2D eigenvalue weighted by Gasteiger charge is -2.18. The molecule has 1 N–H and O–H groups in total. The molecule has 3 nitrogen and oxygen atoms in total. The van der Waals surface area contributed by atoms with Gasteiger partial charge in [-0.05, 0) is 25.1 Å². The van der Waals surface area contributed by atoms with Crippen LogP contribution in [0.25, 0.3) is 0 Å². The molecule has 0 bridgehead atoms. The Morgan fingerprint density at radius 3 is 2.69 bits per heavy atom. The lowest BCUT2D eigenvalue weighted by atomic mass is 10.1. The lowest BCUT2D eigenvalue weighted by Crippen LogP contribution is -2.31. The van der Waals surface area contributed by atoms with Crippen LogP contribution >= 0.6 is 23.2 Å². The van der Waals surface area contributed by atoms with Gasteiger partial charge in [0, 0.05) is 24.0 Å². The monoisotopic (exact) mass is 261 g/mol. The Morgan fingerprint density at radius 1 is 1.56 bits per heavy atom. The van der Waals surface area contributed by atoms with E-state index in [2.05, 4.69) is 0 Å². The third-order valence-corrected chi connectivity index (χ3v) is 2.44. The van der Waals surface area contributed by atoms with Gasteiger partial charge in [0.05, 0.1) is 5.56 Å². The molecule has 0 heterocycles. The van der Waals surface area contributed by atoms with Crippen LogP contribution in [-0.4, -0.2) is 34.9 Å². The highest BCUT2D eigenvalue weighted by molar-refractivity contribution is 6.30. The third-order valence-electron chi connectivity index (χ3n) is 2.06. The van der Waals surface area contributed by atoms with Gasteiger partial charge in [-0.15, -0.1) is 11.6 Å². The minimum atomic E-state index is -0.276. The molecule has 0 saturated carbocycles. The van der Waals surface area contributed by atoms with Gasteiger partial charge < -0.3 is 10.0 Å². The van der Waals surface area contributed by atoms with E-state index in [0.717, 1.165) is 0 Å². The summed E-state index contributed by atoms with van der Waals surface area (Å²) in [6.07, 6.45) is 0. The average Bonchev–Trinajstić information content (AvgIpc) is 2.15. The predicted molar refractivity (Wildman–Crippen MR) is 65.4 cm³/mol. The summed E-state index contributed by atoms with van der Waals surface area (Å²) in [4.78, 5) is 13.3. The molecule has 0 fully saturated rings. The van der Waals surface area contributed by atoms with E-state index in [1.807, 2.05) is 0 Å². The van der Waals surface area contributed by atoms with E-state index in [0.29, 0.717) is 11.6 Å². The Labute approximate surface area is 105 Å². The van der Waals surface area contributed by atoms with Gasteiger partial charge in [0.15, 0.2) is 0 Å². The summed E-state index contributed by atoms with van der Waals surface area (Å²) < 4.78 is 0. The molecule has 0 radical (unpaired) electrons. The van der Waals surface area contributed by atoms with Gasteiger partial charge in [-0.1, -0.05) is 11.6 Å². The van der Waals surface area contributed by atoms with Crippen LogP contribution in [0.15, 0.2) is 18.2 Å². The van der Waals surface area contributed by atoms with E-state index in [9.17, 15) is 9.90 Å². The summed E-state index contributed by atoms with van der Waals surface area (Å²) in [5.41, 5.74) is 0.226. The first-order valence-corrected chi connectivity index (χ1v) is 5.61. The summed E-state index contributed by atoms with van der Waals surface area (Å²) >= 11 is 11.5. The Hall–Kier alpha value is -0.930. The number of amides is 1. The maximum absolute atomic E-state index is 11.9. The minimum absolute atomic E-state index is 0.119. The molecule has 0 aliphatic heterocycles. The molecule has 1 rings (SSSR count). The summed E-state index contributed by atoms with van der Waals surface area (Å²) in [5, 5.41) is 9.84. The number of phenols is 1. The highest BCUT2D eigenvalue weighted by atomic mass is 35.5. The maximum atomic E-state index is 11.9. The Morgan fingerprint density at radius 2 is 2.19 bits per heavy atom. The average molecular weight is 262 g/mol. The molecule has 16 heavy (non-hydrogen) atoms. The maximum Gasteiger partial charge on any atom is 0.257 e. The van der Waals surface area contributed by atoms with Crippen LogP contribution in [0, 0.1) is 0 Å². The van der Waals surface area contributed by atoms with E-state index in [1.54, 1.807) is 20.0 Å². The van der Waals surface area contributed by atoms with Crippen LogP contribution in [0.4, 0.5) is 0 Å². The van der Waals surface area contributed by atoms with Crippen molar-refractivity contribution in [1.82, 2.24) is 4.90 Å². The van der Waals surface area contributed by atoms with Crippen molar-refractivity contribution in [2.24, 2.45) is 0 Å². The molecular formula is C11H13Cl2NO2. The van der Waals surface area contributed by atoms with Gasteiger partial charge in [0.25, 0.3) is 5.91 Å². The quantitative estimate of drug-likeness (QED) is 0.851. The van der Waals surface area contributed by atoms with Crippen molar-refractivity contribution >= 4 is 29.1 Å². The standard InChI is InChI=1S/C11H13Cl2NO2/c1-7(12)6-14(2)11(16)9-4-3-8(13)5-10(9)15/h3-5,7,15H,6H2,1-2H3. The molecule has 88 valence electrons. The molecule has 0 aromatic heterocycles. The van der Waals surface area contributed by atoms with Crippen LogP contribution in [0.2, 0.25) is 5.02 Å². The number of benzene rings is 1. The number of aromatic hydroxyl groups is 1. The topological polar surface area (TPSA) is 40.5 Å². The van der Waals surface area contributed by atoms with Gasteiger partial charge in [-0.2, -0.15) is 0 Å². The summed E-state index contributed by atoms with van der Waals surface area (Å²) in [6, 6.07) is 4.40. The van der Waals surface area contributed by atoms with Crippen LogP contribution in [0.1, 0.15) is 17.3 Å². The Balaban J connectivity index is 2.88. The second-order valence-electron chi connectivity index (χ2n) is 3.63. The molecule has 0 saturated heterocycles. The van der Waals surface area contributed by atoms with Crippen LogP contribution in [-0.2, 0) is 0 Å². The normalized spacial score (nSPS) is 12.2. The molecule has 5 heteroatoms. The van der Waals surface area contributed by atoms with Gasteiger partial charge in [-0.25, -0.2) is 0 Å². The van der Waals surface area contributed by atoms with Crippen molar-refractivity contribution in [3.8, 4) is 5.75 Å². The molecule has 0 spiro atoms. The van der Waals surface area contributed by atoms with Crippen LogP contribution in [0.5, 0.6) is 5.75 Å². The molecular weight excluding hydrogens is 249 g/mol. The fourth-order valence-corrected chi connectivity index (χ4v) is 1.72. The van der Waals surface area contributed by atoms with Crippen LogP contribution in [0.3, 0.4) is 0 Å². The first kappa shape index (κ1) is 13.1. The fraction of sp³-hybridized carbons (Fsp3) is 0.364. The summed E-state index contributed by atoms with van der Waals surface area (Å²) in [7, 11) is 1.63. The highest BCUT2D eigenvalue weighted by Crippen LogP contribution is 2.23. The van der Waals surface area contributed by atoms with E-state index in [4.69, 9.17) is 23.2 Å². The number of carbonyl (C=O) groups excluding carboxylic acids is 1. The zero-order valence-corrected chi connectivity index (χ0v) is 10.6. The largest absolute Gasteiger partial charge is 0.507 e. The molecule has 1 atom stereocenters. The number of rotatable bonds is 3. The fourth-order valence-electron chi connectivity index (χ4n) is 1.35. The first-order chi connectivity index (χ1) is 7.41. The van der Waals surface area contributed by atoms with Crippen molar-refractivity contribution in [2.75, 3.05) is 13.6 Å². The zero-order valence-electron chi connectivity index (χ0n) is 9.08. The third kappa shape index (κ3) is 3.29. The number of hydrogen-bond donors (Lipinski definition) is 1. The van der Waals surface area contributed by atoms with Gasteiger partial charge >= 0.3 is 0 Å². The number of alkyl halides is 1. The van der Waals surface area contributed by atoms with Crippen LogP contribution < -0.4 is 0 Å². The van der Waals surface area contributed by atoms with Gasteiger partial charge in [0.2, 0.25) is 0 Å². The molecule has 1 aromatic carbocycles. The van der Waals surface area contributed by atoms with Crippen molar-refractivity contribution in [1.29, 1.82) is 0 Å². The van der Waals surface area contributed by atoms with Crippen molar-refractivity contribution in [2.45, 2.75) is 12.3 Å². The molecule has 0 aliphatic carbocycles. The molecule has 0 aliphatic rings. The number of nitrogens with zero attached hydrogens (tertiary/aromatic N) is 1. The van der Waals surface area contributed by atoms with E-state index in [-0.39, 0.29) is 22.6 Å². The van der Waals surface area contributed by atoms with E-state index < -0.39 is 0 Å². The van der Waals surface area contributed by atoms with E-state index >= 15 is 0 Å². The second-order valence-corrected chi connectivity index (χ2v) is 4.81. The number of phenolic OH excluding ortho intramolecular Hbond substituents is 1. The smallest absolute Gasteiger partial charge is 0.257 e. The predicted octanol–water partition coefficient (Wildman–Crippen LogP) is 2.74. The molecule has 1 aromatic rings. The SMILES string of the molecule is CC(Cl)CN(C)C(=O)c1ccc(Cl)cc1O. The number of hydrogen-bond acceptors (Lipinski definition) is 2. The first-order valence-electron chi connectivity index (χ1n) is 4.80. The lowest BCUT2D eigenvalue weighted by molar-refractivity contribution is 0.0793.